The van der Waals surface area contributed by atoms with Gasteiger partial charge in [0.15, 0.2) is 17.2 Å². The lowest BCUT2D eigenvalue weighted by Gasteiger charge is -2.27. The number of rotatable bonds is 10. The Bertz CT molecular complexity index is 1250. The summed E-state index contributed by atoms with van der Waals surface area (Å²) in [7, 11) is 4.60. The summed E-state index contributed by atoms with van der Waals surface area (Å²) in [6.07, 6.45) is 0.738. The SMILES string of the molecule is COc1ccc(C(c2ccc(OC)c(C)c2)[C@H](C)OC(=O)[C@H](C)NC(=O)c2nccc(OC)c2O)cc1C. The fourth-order valence-electron chi connectivity index (χ4n) is 4.37. The average molecular weight is 523 g/mol. The Kier molecular flexibility index (Phi) is 9.17. The van der Waals surface area contributed by atoms with Gasteiger partial charge in [-0.25, -0.2) is 9.78 Å². The highest BCUT2D eigenvalue weighted by Crippen LogP contribution is 2.35. The summed E-state index contributed by atoms with van der Waals surface area (Å²) < 4.78 is 21.7. The summed E-state index contributed by atoms with van der Waals surface area (Å²) in [6.45, 7) is 7.23. The van der Waals surface area contributed by atoms with Crippen LogP contribution in [-0.2, 0) is 9.53 Å². The molecule has 1 aromatic heterocycles. The van der Waals surface area contributed by atoms with Crippen LogP contribution in [0.1, 0.15) is 52.5 Å². The van der Waals surface area contributed by atoms with Crippen molar-refractivity contribution >= 4 is 11.9 Å². The molecule has 9 nitrogen and oxygen atoms in total. The molecule has 9 heteroatoms. The molecular weight excluding hydrogens is 488 g/mol. The zero-order chi connectivity index (χ0) is 28.0. The Labute approximate surface area is 222 Å². The number of carbonyl (C=O) groups is 2. The minimum absolute atomic E-state index is 0.0985. The monoisotopic (exact) mass is 522 g/mol. The van der Waals surface area contributed by atoms with Crippen LogP contribution in [0.5, 0.6) is 23.0 Å². The average Bonchev–Trinajstić information content (AvgIpc) is 2.89. The first-order valence-electron chi connectivity index (χ1n) is 12.1. The van der Waals surface area contributed by atoms with E-state index in [9.17, 15) is 14.7 Å². The molecule has 0 aliphatic rings. The first-order chi connectivity index (χ1) is 18.1. The number of hydrogen-bond donors (Lipinski definition) is 2. The molecule has 1 heterocycles. The van der Waals surface area contributed by atoms with Crippen LogP contribution in [0.4, 0.5) is 0 Å². The van der Waals surface area contributed by atoms with E-state index in [2.05, 4.69) is 10.3 Å². The van der Waals surface area contributed by atoms with Gasteiger partial charge in [-0.1, -0.05) is 24.3 Å². The number of benzene rings is 2. The number of pyridine rings is 1. The second-order valence-corrected chi connectivity index (χ2v) is 8.98. The predicted octanol–water partition coefficient (Wildman–Crippen LogP) is 4.31. The number of hydrogen-bond acceptors (Lipinski definition) is 8. The minimum atomic E-state index is -1.01. The molecule has 0 radical (unpaired) electrons. The normalized spacial score (nSPS) is 12.4. The van der Waals surface area contributed by atoms with Gasteiger partial charge in [0, 0.05) is 18.2 Å². The maximum atomic E-state index is 13.0. The lowest BCUT2D eigenvalue weighted by Crippen LogP contribution is -2.41. The van der Waals surface area contributed by atoms with Crippen molar-refractivity contribution in [3.63, 3.8) is 0 Å². The Morgan fingerprint density at radius 1 is 0.842 bits per heavy atom. The third-order valence-electron chi connectivity index (χ3n) is 6.35. The Morgan fingerprint density at radius 2 is 1.37 bits per heavy atom. The van der Waals surface area contributed by atoms with Crippen molar-refractivity contribution in [3.8, 4) is 23.0 Å². The van der Waals surface area contributed by atoms with Crippen molar-refractivity contribution in [2.24, 2.45) is 0 Å². The molecule has 3 aromatic rings. The van der Waals surface area contributed by atoms with E-state index in [-0.39, 0.29) is 17.4 Å². The standard InChI is InChI=1S/C29H34N2O7/c1-16-14-20(8-10-22(16)35-5)25(21-9-11-23(36-6)17(2)15-21)19(4)38-29(34)18(3)31-28(33)26-27(32)24(37-7)12-13-30-26/h8-15,18-19,25,32H,1-7H3,(H,31,33)/t18-,19-/m0/s1. The molecule has 0 bridgehead atoms. The minimum Gasteiger partial charge on any atom is -0.503 e. The molecular formula is C29H34N2O7. The number of aromatic nitrogens is 1. The first kappa shape index (κ1) is 28.3. The molecule has 2 aromatic carbocycles. The molecule has 0 aliphatic carbocycles. The number of nitrogens with zero attached hydrogens (tertiary/aromatic N) is 1. The van der Waals surface area contributed by atoms with Gasteiger partial charge < -0.3 is 29.4 Å². The van der Waals surface area contributed by atoms with Crippen molar-refractivity contribution in [2.45, 2.75) is 45.8 Å². The van der Waals surface area contributed by atoms with Gasteiger partial charge in [-0.05, 0) is 62.1 Å². The number of amides is 1. The van der Waals surface area contributed by atoms with Crippen LogP contribution in [0.2, 0.25) is 0 Å². The van der Waals surface area contributed by atoms with E-state index in [1.54, 1.807) is 14.2 Å². The number of esters is 1. The largest absolute Gasteiger partial charge is 0.503 e. The molecule has 0 spiro atoms. The maximum absolute atomic E-state index is 13.0. The van der Waals surface area contributed by atoms with Gasteiger partial charge in [0.2, 0.25) is 0 Å². The van der Waals surface area contributed by atoms with Crippen molar-refractivity contribution in [1.29, 1.82) is 0 Å². The van der Waals surface area contributed by atoms with Crippen LogP contribution in [0.15, 0.2) is 48.7 Å². The fraction of sp³-hybridized carbons (Fsp3) is 0.345. The molecule has 2 N–H and O–H groups in total. The maximum Gasteiger partial charge on any atom is 0.328 e. The van der Waals surface area contributed by atoms with E-state index in [1.165, 1.54) is 26.3 Å². The molecule has 0 fully saturated rings. The van der Waals surface area contributed by atoms with E-state index < -0.39 is 29.8 Å². The summed E-state index contributed by atoms with van der Waals surface area (Å²) in [4.78, 5) is 29.6. The van der Waals surface area contributed by atoms with Gasteiger partial charge in [0.1, 0.15) is 23.6 Å². The molecule has 38 heavy (non-hydrogen) atoms. The van der Waals surface area contributed by atoms with Crippen LogP contribution < -0.4 is 19.5 Å². The Morgan fingerprint density at radius 3 is 1.84 bits per heavy atom. The Balaban J connectivity index is 1.85. The zero-order valence-corrected chi connectivity index (χ0v) is 22.7. The van der Waals surface area contributed by atoms with Crippen molar-refractivity contribution in [1.82, 2.24) is 10.3 Å². The highest BCUT2D eigenvalue weighted by molar-refractivity contribution is 5.97. The van der Waals surface area contributed by atoms with E-state index in [1.807, 2.05) is 57.2 Å². The molecule has 1 amide bonds. The lowest BCUT2D eigenvalue weighted by atomic mass is 9.85. The third-order valence-corrected chi connectivity index (χ3v) is 6.35. The van der Waals surface area contributed by atoms with Gasteiger partial charge in [0.25, 0.3) is 5.91 Å². The summed E-state index contributed by atoms with van der Waals surface area (Å²) in [5.74, 6) is -0.462. The van der Waals surface area contributed by atoms with Gasteiger partial charge in [-0.15, -0.1) is 0 Å². The molecule has 202 valence electrons. The van der Waals surface area contributed by atoms with Crippen LogP contribution in [0.25, 0.3) is 0 Å². The lowest BCUT2D eigenvalue weighted by molar-refractivity contribution is -0.150. The van der Waals surface area contributed by atoms with Crippen LogP contribution in [-0.4, -0.2) is 55.4 Å². The quantitative estimate of drug-likeness (QED) is 0.379. The Hall–Kier alpha value is -4.27. The number of aromatic hydroxyl groups is 1. The van der Waals surface area contributed by atoms with Crippen molar-refractivity contribution in [2.75, 3.05) is 21.3 Å². The van der Waals surface area contributed by atoms with E-state index in [4.69, 9.17) is 18.9 Å². The van der Waals surface area contributed by atoms with Crippen molar-refractivity contribution < 1.29 is 33.6 Å². The molecule has 0 aliphatic heterocycles. The molecule has 0 saturated carbocycles. The van der Waals surface area contributed by atoms with E-state index in [0.717, 1.165) is 33.8 Å². The zero-order valence-electron chi connectivity index (χ0n) is 22.7. The van der Waals surface area contributed by atoms with Gasteiger partial charge in [-0.2, -0.15) is 0 Å². The molecule has 0 saturated heterocycles. The fourth-order valence-corrected chi connectivity index (χ4v) is 4.37. The number of methoxy groups -OCH3 is 3. The first-order valence-corrected chi connectivity index (χ1v) is 12.1. The molecule has 2 atom stereocenters. The highest BCUT2D eigenvalue weighted by atomic mass is 16.5. The van der Waals surface area contributed by atoms with Crippen LogP contribution in [0, 0.1) is 13.8 Å². The van der Waals surface area contributed by atoms with E-state index >= 15 is 0 Å². The summed E-state index contributed by atoms with van der Waals surface area (Å²) in [5, 5.41) is 12.8. The topological polar surface area (TPSA) is 116 Å². The molecule has 3 rings (SSSR count). The second-order valence-electron chi connectivity index (χ2n) is 8.98. The van der Waals surface area contributed by atoms with Gasteiger partial charge >= 0.3 is 5.97 Å². The van der Waals surface area contributed by atoms with Crippen LogP contribution >= 0.6 is 0 Å². The second kappa shape index (κ2) is 12.3. The third kappa shape index (κ3) is 6.16. The number of nitrogens with one attached hydrogen (secondary N) is 1. The van der Waals surface area contributed by atoms with Crippen molar-refractivity contribution in [3.05, 3.63) is 76.6 Å². The van der Waals surface area contributed by atoms with Crippen LogP contribution in [0.3, 0.4) is 0 Å². The summed E-state index contributed by atoms with van der Waals surface area (Å²) >= 11 is 0. The number of aryl methyl sites for hydroxylation is 2. The molecule has 0 unspecified atom stereocenters. The summed E-state index contributed by atoms with van der Waals surface area (Å²) in [5.41, 5.74) is 3.53. The number of ether oxygens (including phenoxy) is 4. The number of carbonyl (C=O) groups excluding carboxylic acids is 2. The smallest absolute Gasteiger partial charge is 0.328 e. The highest BCUT2D eigenvalue weighted by Gasteiger charge is 2.29. The van der Waals surface area contributed by atoms with Gasteiger partial charge in [-0.3, -0.25) is 4.79 Å². The summed E-state index contributed by atoms with van der Waals surface area (Å²) in [6, 6.07) is 12.1. The predicted molar refractivity (Wildman–Crippen MR) is 142 cm³/mol. The van der Waals surface area contributed by atoms with E-state index in [0.29, 0.717) is 0 Å². The van der Waals surface area contributed by atoms with Gasteiger partial charge in [0.05, 0.1) is 21.3 Å².